The highest BCUT2D eigenvalue weighted by Crippen LogP contribution is 2.13. The van der Waals surface area contributed by atoms with Gasteiger partial charge < -0.3 is 20.5 Å². The van der Waals surface area contributed by atoms with E-state index in [1.165, 1.54) is 0 Å². The summed E-state index contributed by atoms with van der Waals surface area (Å²) in [4.78, 5) is 10.5. The van der Waals surface area contributed by atoms with Crippen molar-refractivity contribution < 1.29 is 27.8 Å². The Labute approximate surface area is 120 Å². The van der Waals surface area contributed by atoms with Gasteiger partial charge in [0.05, 0.1) is 0 Å². The van der Waals surface area contributed by atoms with Crippen LogP contribution < -0.4 is 15.4 Å². The molecule has 0 bridgehead atoms. The number of para-hydroxylation sites is 1. The van der Waals surface area contributed by atoms with E-state index in [1.807, 2.05) is 6.07 Å². The van der Waals surface area contributed by atoms with Gasteiger partial charge in [0.2, 0.25) is 0 Å². The van der Waals surface area contributed by atoms with Gasteiger partial charge in [-0.15, -0.1) is 0 Å². The molecular formula is C13H17F3N2O3. The number of hydrogen-bond acceptors (Lipinski definition) is 4. The number of aliphatic hydroxyl groups excluding tert-OH is 1. The van der Waals surface area contributed by atoms with E-state index in [0.717, 1.165) is 0 Å². The van der Waals surface area contributed by atoms with Crippen LogP contribution in [-0.4, -0.2) is 49.5 Å². The average molecular weight is 306 g/mol. The first kappa shape index (κ1) is 17.3. The molecule has 0 aliphatic rings. The molecule has 8 heteroatoms. The van der Waals surface area contributed by atoms with E-state index < -0.39 is 18.2 Å². The fourth-order valence-electron chi connectivity index (χ4n) is 1.40. The maximum atomic E-state index is 11.9. The lowest BCUT2D eigenvalue weighted by molar-refractivity contribution is -0.173. The predicted octanol–water partition coefficient (Wildman–Crippen LogP) is 0.694. The molecule has 21 heavy (non-hydrogen) atoms. The van der Waals surface area contributed by atoms with Crippen molar-refractivity contribution in [1.29, 1.82) is 0 Å². The predicted molar refractivity (Wildman–Crippen MR) is 69.9 cm³/mol. The van der Waals surface area contributed by atoms with Crippen molar-refractivity contribution in [3.05, 3.63) is 30.3 Å². The Kier molecular flexibility index (Phi) is 6.97. The van der Waals surface area contributed by atoms with Crippen molar-refractivity contribution in [2.75, 3.05) is 26.2 Å². The fraction of sp³-hybridized carbons (Fsp3) is 0.462. The number of hydrogen-bond donors (Lipinski definition) is 3. The Morgan fingerprint density at radius 1 is 1.24 bits per heavy atom. The zero-order valence-electron chi connectivity index (χ0n) is 11.2. The van der Waals surface area contributed by atoms with Gasteiger partial charge in [-0.3, -0.25) is 4.79 Å². The van der Waals surface area contributed by atoms with Crippen LogP contribution in [0.4, 0.5) is 13.2 Å². The van der Waals surface area contributed by atoms with Gasteiger partial charge >= 0.3 is 12.1 Å². The summed E-state index contributed by atoms with van der Waals surface area (Å²) in [7, 11) is 0. The molecule has 118 valence electrons. The number of ether oxygens (including phenoxy) is 1. The molecule has 1 rings (SSSR count). The molecule has 0 heterocycles. The number of aliphatic hydroxyl groups is 1. The van der Waals surface area contributed by atoms with E-state index in [-0.39, 0.29) is 26.2 Å². The second-order valence-electron chi connectivity index (χ2n) is 4.24. The summed E-state index contributed by atoms with van der Waals surface area (Å²) in [5.41, 5.74) is 0. The summed E-state index contributed by atoms with van der Waals surface area (Å²) in [6.07, 6.45) is -5.67. The SMILES string of the molecule is O=C(NCCNC[C@@H](O)COc1ccccc1)C(F)(F)F. The third-order valence-corrected chi connectivity index (χ3v) is 2.41. The molecule has 0 spiro atoms. The Balaban J connectivity index is 2.06. The zero-order valence-corrected chi connectivity index (χ0v) is 11.2. The lowest BCUT2D eigenvalue weighted by Gasteiger charge is -2.13. The van der Waals surface area contributed by atoms with Crippen molar-refractivity contribution in [1.82, 2.24) is 10.6 Å². The maximum absolute atomic E-state index is 11.9. The van der Waals surface area contributed by atoms with Gasteiger partial charge in [-0.1, -0.05) is 18.2 Å². The normalized spacial score (nSPS) is 12.8. The summed E-state index contributed by atoms with van der Waals surface area (Å²) in [6.45, 7) is 0.148. The van der Waals surface area contributed by atoms with Crippen LogP contribution in [-0.2, 0) is 4.79 Å². The molecule has 0 saturated carbocycles. The third kappa shape index (κ3) is 7.52. The molecule has 0 aliphatic carbocycles. The fourth-order valence-corrected chi connectivity index (χ4v) is 1.40. The van der Waals surface area contributed by atoms with Crippen LogP contribution in [0.1, 0.15) is 0 Å². The van der Waals surface area contributed by atoms with E-state index >= 15 is 0 Å². The standard InChI is InChI=1S/C13H17F3N2O3/c14-13(15,16)12(20)18-7-6-17-8-10(19)9-21-11-4-2-1-3-5-11/h1-5,10,17,19H,6-9H2,(H,18,20)/t10-/m1/s1. The monoisotopic (exact) mass is 306 g/mol. The van der Waals surface area contributed by atoms with E-state index in [2.05, 4.69) is 5.32 Å². The topological polar surface area (TPSA) is 70.6 Å². The minimum absolute atomic E-state index is 0.0614. The van der Waals surface area contributed by atoms with Crippen molar-refractivity contribution >= 4 is 5.91 Å². The molecule has 1 amide bonds. The number of rotatable bonds is 8. The molecule has 5 nitrogen and oxygen atoms in total. The minimum atomic E-state index is -4.87. The van der Waals surface area contributed by atoms with Crippen LogP contribution in [0.2, 0.25) is 0 Å². The number of amides is 1. The first-order chi connectivity index (χ1) is 9.89. The van der Waals surface area contributed by atoms with Crippen LogP contribution >= 0.6 is 0 Å². The number of nitrogens with one attached hydrogen (secondary N) is 2. The summed E-state index contributed by atoms with van der Waals surface area (Å²) in [6, 6.07) is 8.91. The van der Waals surface area contributed by atoms with Gasteiger partial charge in [0.25, 0.3) is 0 Å². The van der Waals surface area contributed by atoms with Gasteiger partial charge in [0, 0.05) is 19.6 Å². The highest BCUT2D eigenvalue weighted by molar-refractivity contribution is 5.81. The van der Waals surface area contributed by atoms with Gasteiger partial charge in [0.1, 0.15) is 18.5 Å². The molecule has 0 saturated heterocycles. The second-order valence-corrected chi connectivity index (χ2v) is 4.24. The zero-order chi connectivity index (χ0) is 15.7. The van der Waals surface area contributed by atoms with E-state index in [1.54, 1.807) is 29.6 Å². The molecule has 0 fully saturated rings. The molecule has 1 aromatic carbocycles. The lowest BCUT2D eigenvalue weighted by Crippen LogP contribution is -2.41. The van der Waals surface area contributed by atoms with Crippen molar-refractivity contribution in [3.63, 3.8) is 0 Å². The number of benzene rings is 1. The van der Waals surface area contributed by atoms with E-state index in [9.17, 15) is 23.1 Å². The van der Waals surface area contributed by atoms with Gasteiger partial charge in [-0.25, -0.2) is 0 Å². The minimum Gasteiger partial charge on any atom is -0.491 e. The molecule has 0 aliphatic heterocycles. The highest BCUT2D eigenvalue weighted by Gasteiger charge is 2.38. The Morgan fingerprint density at radius 3 is 2.52 bits per heavy atom. The molecule has 0 aromatic heterocycles. The molecule has 0 unspecified atom stereocenters. The first-order valence-corrected chi connectivity index (χ1v) is 6.31. The summed E-state index contributed by atoms with van der Waals surface area (Å²) in [5, 5.41) is 14.0. The van der Waals surface area contributed by atoms with Gasteiger partial charge in [0.15, 0.2) is 0 Å². The highest BCUT2D eigenvalue weighted by atomic mass is 19.4. The quantitative estimate of drug-likeness (QED) is 0.618. The molecular weight excluding hydrogens is 289 g/mol. The number of halogens is 3. The number of alkyl halides is 3. The van der Waals surface area contributed by atoms with Gasteiger partial charge in [-0.2, -0.15) is 13.2 Å². The number of carbonyl (C=O) groups is 1. The van der Waals surface area contributed by atoms with Crippen LogP contribution in [0.5, 0.6) is 5.75 Å². The maximum Gasteiger partial charge on any atom is 0.471 e. The molecule has 3 N–H and O–H groups in total. The Bertz CT molecular complexity index is 426. The van der Waals surface area contributed by atoms with Crippen LogP contribution in [0.15, 0.2) is 30.3 Å². The van der Waals surface area contributed by atoms with Crippen molar-refractivity contribution in [2.45, 2.75) is 12.3 Å². The summed E-state index contributed by atoms with van der Waals surface area (Å²) < 4.78 is 40.9. The van der Waals surface area contributed by atoms with Crippen LogP contribution in [0.25, 0.3) is 0 Å². The van der Waals surface area contributed by atoms with E-state index in [0.29, 0.717) is 5.75 Å². The van der Waals surface area contributed by atoms with E-state index in [4.69, 9.17) is 4.74 Å². The van der Waals surface area contributed by atoms with Crippen LogP contribution in [0.3, 0.4) is 0 Å². The summed E-state index contributed by atoms with van der Waals surface area (Å²) in [5.74, 6) is -1.36. The Morgan fingerprint density at radius 2 is 1.90 bits per heavy atom. The molecule has 0 radical (unpaired) electrons. The smallest absolute Gasteiger partial charge is 0.471 e. The molecule has 1 atom stereocenters. The number of carbonyl (C=O) groups excluding carboxylic acids is 1. The van der Waals surface area contributed by atoms with Crippen molar-refractivity contribution in [3.8, 4) is 5.75 Å². The van der Waals surface area contributed by atoms with Crippen LogP contribution in [0, 0.1) is 0 Å². The first-order valence-electron chi connectivity index (χ1n) is 6.31. The average Bonchev–Trinajstić information content (AvgIpc) is 2.44. The van der Waals surface area contributed by atoms with Gasteiger partial charge in [-0.05, 0) is 12.1 Å². The largest absolute Gasteiger partial charge is 0.491 e. The summed E-state index contributed by atoms with van der Waals surface area (Å²) >= 11 is 0. The Hall–Kier alpha value is -1.80. The van der Waals surface area contributed by atoms with Crippen molar-refractivity contribution in [2.24, 2.45) is 0 Å². The third-order valence-electron chi connectivity index (χ3n) is 2.41. The second kappa shape index (κ2) is 8.48. The molecule has 1 aromatic rings. The lowest BCUT2D eigenvalue weighted by atomic mass is 10.3.